The first kappa shape index (κ1) is 14.1. The van der Waals surface area contributed by atoms with E-state index in [9.17, 15) is 0 Å². The molecule has 4 saturated carbocycles. The van der Waals surface area contributed by atoms with Gasteiger partial charge in [-0.2, -0.15) is 11.8 Å². The van der Waals surface area contributed by atoms with E-state index >= 15 is 0 Å². The summed E-state index contributed by atoms with van der Waals surface area (Å²) in [6, 6.07) is 11.2. The van der Waals surface area contributed by atoms with Gasteiger partial charge in [0.2, 0.25) is 0 Å². The van der Waals surface area contributed by atoms with Crippen LogP contribution < -0.4 is 5.73 Å². The first-order chi connectivity index (χ1) is 10.1. The standard InChI is InChI=1S/C18H23NS2/c1-21-15-12-7-17(14-5-3-2-4-6-14)8-13(15)10-18(9-12,11-17)16(19)20/h2-6,12-13,15H,7-11H2,1H3,(H2,19,20). The fourth-order valence-electron chi connectivity index (χ4n) is 5.91. The first-order valence-corrected chi connectivity index (χ1v) is 9.66. The topological polar surface area (TPSA) is 26.0 Å². The Kier molecular flexibility index (Phi) is 3.17. The molecule has 112 valence electrons. The number of thioether (sulfide) groups is 1. The largest absolute Gasteiger partial charge is 0.393 e. The van der Waals surface area contributed by atoms with Gasteiger partial charge in [0.25, 0.3) is 0 Å². The molecule has 4 aliphatic rings. The van der Waals surface area contributed by atoms with Crippen molar-refractivity contribution in [3.63, 3.8) is 0 Å². The third kappa shape index (κ3) is 1.93. The van der Waals surface area contributed by atoms with Gasteiger partial charge in [-0.05, 0) is 61.2 Å². The van der Waals surface area contributed by atoms with Crippen LogP contribution in [0.25, 0.3) is 0 Å². The van der Waals surface area contributed by atoms with Crippen LogP contribution in [0.15, 0.2) is 30.3 Å². The summed E-state index contributed by atoms with van der Waals surface area (Å²) in [6.07, 6.45) is 8.62. The molecule has 3 heteroatoms. The summed E-state index contributed by atoms with van der Waals surface area (Å²) < 4.78 is 0. The molecule has 0 saturated heterocycles. The number of rotatable bonds is 3. The zero-order valence-electron chi connectivity index (χ0n) is 12.5. The lowest BCUT2D eigenvalue weighted by molar-refractivity contribution is -0.0283. The molecule has 21 heavy (non-hydrogen) atoms. The molecule has 2 atom stereocenters. The predicted octanol–water partition coefficient (Wildman–Crippen LogP) is 4.15. The normalized spacial score (nSPS) is 44.0. The van der Waals surface area contributed by atoms with E-state index in [1.807, 2.05) is 0 Å². The van der Waals surface area contributed by atoms with Crippen LogP contribution >= 0.6 is 24.0 Å². The Morgan fingerprint density at radius 1 is 1.14 bits per heavy atom. The van der Waals surface area contributed by atoms with Gasteiger partial charge in [0, 0.05) is 10.7 Å². The van der Waals surface area contributed by atoms with Crippen molar-refractivity contribution in [3.05, 3.63) is 35.9 Å². The van der Waals surface area contributed by atoms with Crippen molar-refractivity contribution in [1.29, 1.82) is 0 Å². The fourth-order valence-corrected chi connectivity index (χ4v) is 7.30. The smallest absolute Gasteiger partial charge is 0.0790 e. The van der Waals surface area contributed by atoms with Crippen molar-refractivity contribution < 1.29 is 0 Å². The zero-order valence-corrected chi connectivity index (χ0v) is 14.2. The summed E-state index contributed by atoms with van der Waals surface area (Å²) in [6.45, 7) is 0. The molecule has 1 aromatic rings. The maximum Gasteiger partial charge on any atom is 0.0790 e. The lowest BCUT2D eigenvalue weighted by atomic mass is 9.42. The monoisotopic (exact) mass is 317 g/mol. The summed E-state index contributed by atoms with van der Waals surface area (Å²) in [5, 5.41) is 0.824. The summed E-state index contributed by atoms with van der Waals surface area (Å²) in [5.41, 5.74) is 8.25. The Labute approximate surface area is 137 Å². The lowest BCUT2D eigenvalue weighted by Gasteiger charge is -2.64. The Morgan fingerprint density at radius 2 is 1.76 bits per heavy atom. The van der Waals surface area contributed by atoms with Crippen LogP contribution in [0.3, 0.4) is 0 Å². The highest BCUT2D eigenvalue weighted by Crippen LogP contribution is 2.67. The highest BCUT2D eigenvalue weighted by molar-refractivity contribution is 7.99. The molecule has 1 nitrogen and oxygen atoms in total. The van der Waals surface area contributed by atoms with E-state index in [0.29, 0.717) is 5.41 Å². The van der Waals surface area contributed by atoms with Crippen LogP contribution in [0.5, 0.6) is 0 Å². The predicted molar refractivity (Wildman–Crippen MR) is 94.7 cm³/mol. The van der Waals surface area contributed by atoms with Gasteiger partial charge in [-0.25, -0.2) is 0 Å². The van der Waals surface area contributed by atoms with Gasteiger partial charge in [-0.3, -0.25) is 0 Å². The minimum absolute atomic E-state index is 0.142. The van der Waals surface area contributed by atoms with Crippen molar-refractivity contribution in [2.45, 2.75) is 42.8 Å². The van der Waals surface area contributed by atoms with E-state index in [1.165, 1.54) is 37.7 Å². The van der Waals surface area contributed by atoms with Crippen molar-refractivity contribution >= 4 is 29.0 Å². The van der Waals surface area contributed by atoms with Crippen molar-refractivity contribution in [2.75, 3.05) is 6.26 Å². The quantitative estimate of drug-likeness (QED) is 0.848. The third-order valence-corrected chi connectivity index (χ3v) is 8.15. The minimum Gasteiger partial charge on any atom is -0.393 e. The summed E-state index contributed by atoms with van der Waals surface area (Å²) in [4.78, 5) is 0.789. The fraction of sp³-hybridized carbons (Fsp3) is 0.611. The van der Waals surface area contributed by atoms with E-state index in [4.69, 9.17) is 18.0 Å². The Bertz CT molecular complexity index is 552. The van der Waals surface area contributed by atoms with Gasteiger partial charge in [0.15, 0.2) is 0 Å². The zero-order chi connectivity index (χ0) is 14.7. The summed E-state index contributed by atoms with van der Waals surface area (Å²) in [7, 11) is 0. The maximum atomic E-state index is 6.24. The molecular weight excluding hydrogens is 294 g/mol. The summed E-state index contributed by atoms with van der Waals surface area (Å²) >= 11 is 7.61. The van der Waals surface area contributed by atoms with Gasteiger partial charge in [-0.1, -0.05) is 42.5 Å². The molecular formula is C18H23NS2. The average Bonchev–Trinajstić information content (AvgIpc) is 2.47. The van der Waals surface area contributed by atoms with E-state index in [1.54, 1.807) is 0 Å². The van der Waals surface area contributed by atoms with Crippen molar-refractivity contribution in [1.82, 2.24) is 0 Å². The second-order valence-corrected chi connectivity index (χ2v) is 8.96. The van der Waals surface area contributed by atoms with Crippen molar-refractivity contribution in [2.24, 2.45) is 23.0 Å². The Hall–Kier alpha value is -0.540. The number of thiocarbonyl (C=S) groups is 1. The van der Waals surface area contributed by atoms with Gasteiger partial charge in [-0.15, -0.1) is 0 Å². The first-order valence-electron chi connectivity index (χ1n) is 7.97. The minimum atomic E-state index is 0.142. The molecule has 0 heterocycles. The van der Waals surface area contributed by atoms with Crippen LogP contribution in [0, 0.1) is 17.3 Å². The van der Waals surface area contributed by atoms with Gasteiger partial charge in [0.1, 0.15) is 0 Å². The van der Waals surface area contributed by atoms with Crippen LogP contribution in [0.2, 0.25) is 0 Å². The van der Waals surface area contributed by atoms with E-state index < -0.39 is 0 Å². The molecule has 0 spiro atoms. The van der Waals surface area contributed by atoms with Crippen LogP contribution in [0.1, 0.15) is 37.7 Å². The molecule has 0 radical (unpaired) electrons. The highest BCUT2D eigenvalue weighted by atomic mass is 32.2. The SMILES string of the molecule is CSC1C2CC3(C(N)=S)CC1CC(c1ccccc1)(C2)C3. The molecule has 4 fully saturated rings. The van der Waals surface area contributed by atoms with Gasteiger partial charge >= 0.3 is 0 Å². The number of hydrogen-bond donors (Lipinski definition) is 1. The molecule has 2 unspecified atom stereocenters. The van der Waals surface area contributed by atoms with Crippen LogP contribution in [-0.2, 0) is 5.41 Å². The second kappa shape index (κ2) is 4.73. The molecule has 2 N–H and O–H groups in total. The molecule has 5 rings (SSSR count). The lowest BCUT2D eigenvalue weighted by Crippen LogP contribution is -2.61. The second-order valence-electron chi connectivity index (χ2n) is 7.50. The maximum absolute atomic E-state index is 6.24. The average molecular weight is 318 g/mol. The summed E-state index contributed by atoms with van der Waals surface area (Å²) in [5.74, 6) is 1.59. The molecule has 0 aliphatic heterocycles. The molecule has 4 aliphatic carbocycles. The van der Waals surface area contributed by atoms with E-state index in [-0.39, 0.29) is 5.41 Å². The van der Waals surface area contributed by atoms with Gasteiger partial charge in [0.05, 0.1) is 4.99 Å². The third-order valence-electron chi connectivity index (χ3n) is 6.40. The highest BCUT2D eigenvalue weighted by Gasteiger charge is 2.62. The number of benzene rings is 1. The van der Waals surface area contributed by atoms with Crippen LogP contribution in [0.4, 0.5) is 0 Å². The molecule has 0 aromatic heterocycles. The Balaban J connectivity index is 1.80. The van der Waals surface area contributed by atoms with Gasteiger partial charge < -0.3 is 5.73 Å². The Morgan fingerprint density at radius 3 is 2.29 bits per heavy atom. The molecule has 0 amide bonds. The number of nitrogens with two attached hydrogens (primary N) is 1. The molecule has 1 aromatic carbocycles. The van der Waals surface area contributed by atoms with Crippen LogP contribution in [-0.4, -0.2) is 16.5 Å². The molecule has 4 bridgehead atoms. The van der Waals surface area contributed by atoms with E-state index in [2.05, 4.69) is 48.3 Å². The van der Waals surface area contributed by atoms with E-state index in [0.717, 1.165) is 22.1 Å². The van der Waals surface area contributed by atoms with Crippen molar-refractivity contribution in [3.8, 4) is 0 Å². The number of hydrogen-bond acceptors (Lipinski definition) is 2.